The number of nitrogens with one attached hydrogen (secondary N) is 1. The van der Waals surface area contributed by atoms with Crippen molar-refractivity contribution in [3.8, 4) is 0 Å². The molecule has 4 aliphatic carbocycles. The van der Waals surface area contributed by atoms with Crippen molar-refractivity contribution in [1.82, 2.24) is 0 Å². The van der Waals surface area contributed by atoms with Crippen LogP contribution in [0.4, 0.5) is 5.69 Å². The normalized spacial score (nSPS) is 40.1. The maximum absolute atomic E-state index is 14.0. The highest BCUT2D eigenvalue weighted by atomic mass is 32.1. The predicted octanol–water partition coefficient (Wildman–Crippen LogP) is 7.39. The van der Waals surface area contributed by atoms with Crippen molar-refractivity contribution in [2.75, 3.05) is 12.4 Å². The Hall–Kier alpha value is -2.51. The fourth-order valence-corrected chi connectivity index (χ4v) is 10.7. The number of aliphatic hydroxyl groups is 1. The minimum Gasteiger partial charge on any atom is -0.393 e. The summed E-state index contributed by atoms with van der Waals surface area (Å²) in [5.41, 5.74) is 3.05. The van der Waals surface area contributed by atoms with Crippen LogP contribution in [0.25, 0.3) is 0 Å². The molecule has 0 radical (unpaired) electrons. The van der Waals surface area contributed by atoms with Gasteiger partial charge in [0.15, 0.2) is 17.7 Å². The summed E-state index contributed by atoms with van der Waals surface area (Å²) in [6, 6.07) is 12.7. The Bertz CT molecular complexity index is 1490. The molecule has 2 heterocycles. The zero-order valence-electron chi connectivity index (χ0n) is 25.2. The van der Waals surface area contributed by atoms with Crippen LogP contribution in [0.15, 0.2) is 72.4 Å². The number of fused-ring (bicyclic) bond motifs is 7. The number of allylic oxidation sites excluding steroid dienone is 5. The molecular weight excluding hydrogens is 542 g/mol. The fraction of sp³-hybridized carbons (Fsp3) is 0.528. The molecule has 222 valence electrons. The topological polar surface area (TPSA) is 67.8 Å². The number of hydrogen-bond donors (Lipinski definition) is 2. The van der Waals surface area contributed by atoms with Gasteiger partial charge in [-0.15, -0.1) is 11.3 Å². The van der Waals surface area contributed by atoms with E-state index in [0.717, 1.165) is 41.8 Å². The lowest BCUT2D eigenvalue weighted by Gasteiger charge is -2.60. The Morgan fingerprint density at radius 1 is 1.24 bits per heavy atom. The van der Waals surface area contributed by atoms with Crippen molar-refractivity contribution in [2.45, 2.75) is 83.4 Å². The molecule has 9 atom stereocenters. The van der Waals surface area contributed by atoms with Gasteiger partial charge in [-0.25, -0.2) is 0 Å². The highest BCUT2D eigenvalue weighted by Crippen LogP contribution is 2.70. The second kappa shape index (κ2) is 10.0. The maximum atomic E-state index is 14.0. The summed E-state index contributed by atoms with van der Waals surface area (Å²) in [6.45, 7) is 10.6. The Labute approximate surface area is 253 Å². The Balaban J connectivity index is 1.18. The molecule has 1 aliphatic heterocycles. The van der Waals surface area contributed by atoms with E-state index >= 15 is 0 Å². The lowest BCUT2D eigenvalue weighted by atomic mass is 9.46. The molecule has 3 saturated carbocycles. The number of ketones is 1. The molecule has 0 unspecified atom stereocenters. The minimum atomic E-state index is -1.04. The van der Waals surface area contributed by atoms with E-state index in [4.69, 9.17) is 9.47 Å². The van der Waals surface area contributed by atoms with Crippen molar-refractivity contribution in [2.24, 2.45) is 28.6 Å². The molecular formula is C36H43NO4S. The van der Waals surface area contributed by atoms with E-state index in [1.165, 1.54) is 16.0 Å². The highest BCUT2D eigenvalue weighted by molar-refractivity contribution is 7.12. The third-order valence-corrected chi connectivity index (χ3v) is 12.7. The van der Waals surface area contributed by atoms with Gasteiger partial charge in [-0.05, 0) is 72.9 Å². The zero-order chi connectivity index (χ0) is 29.4. The number of aliphatic hydroxyl groups excluding tert-OH is 1. The van der Waals surface area contributed by atoms with Crippen LogP contribution >= 0.6 is 11.3 Å². The molecule has 1 aromatic carbocycles. The van der Waals surface area contributed by atoms with E-state index in [-0.39, 0.29) is 29.1 Å². The molecule has 5 aliphatic rings. The van der Waals surface area contributed by atoms with Crippen molar-refractivity contribution in [1.29, 1.82) is 0 Å². The fourth-order valence-electron chi connectivity index (χ4n) is 9.69. The summed E-state index contributed by atoms with van der Waals surface area (Å²) >= 11 is 1.70. The summed E-state index contributed by atoms with van der Waals surface area (Å²) in [5.74, 6) is 0.784. The maximum Gasteiger partial charge on any atom is 0.194 e. The van der Waals surface area contributed by atoms with Gasteiger partial charge in [-0.3, -0.25) is 4.79 Å². The molecule has 1 saturated heterocycles. The molecule has 1 aromatic heterocycles. The molecule has 2 aromatic rings. The van der Waals surface area contributed by atoms with E-state index in [1.807, 2.05) is 14.0 Å². The Kier molecular flexibility index (Phi) is 6.74. The van der Waals surface area contributed by atoms with Gasteiger partial charge in [0.25, 0.3) is 0 Å². The average Bonchev–Trinajstić information content (AvgIpc) is 3.65. The molecule has 0 amide bonds. The second-order valence-corrected chi connectivity index (χ2v) is 14.8. The summed E-state index contributed by atoms with van der Waals surface area (Å²) in [4.78, 5) is 16.3. The van der Waals surface area contributed by atoms with Crippen LogP contribution in [0.1, 0.15) is 74.5 Å². The van der Waals surface area contributed by atoms with Crippen LogP contribution in [-0.4, -0.2) is 35.7 Å². The average molecular weight is 586 g/mol. The number of carbonyl (C=O) groups is 1. The van der Waals surface area contributed by atoms with Crippen LogP contribution < -0.4 is 5.32 Å². The van der Waals surface area contributed by atoms with Gasteiger partial charge in [0.2, 0.25) is 0 Å². The van der Waals surface area contributed by atoms with Gasteiger partial charge in [0.1, 0.15) is 0 Å². The molecule has 0 bridgehead atoms. The van der Waals surface area contributed by atoms with Gasteiger partial charge in [-0.2, -0.15) is 0 Å². The quantitative estimate of drug-likeness (QED) is 0.370. The van der Waals surface area contributed by atoms with Crippen molar-refractivity contribution in [3.63, 3.8) is 0 Å². The lowest BCUT2D eigenvalue weighted by Crippen LogP contribution is -2.62. The molecule has 0 spiro atoms. The number of rotatable bonds is 6. The van der Waals surface area contributed by atoms with Crippen LogP contribution in [0.3, 0.4) is 0 Å². The van der Waals surface area contributed by atoms with Gasteiger partial charge in [0, 0.05) is 47.2 Å². The van der Waals surface area contributed by atoms with Crippen LogP contribution in [-0.2, 0) is 20.7 Å². The number of carbonyl (C=O) groups excluding carboxylic acids is 1. The van der Waals surface area contributed by atoms with Gasteiger partial charge in [-0.1, -0.05) is 63.3 Å². The number of hydrogen-bond acceptors (Lipinski definition) is 6. The molecule has 5 nitrogen and oxygen atoms in total. The minimum absolute atomic E-state index is 0.114. The van der Waals surface area contributed by atoms with Crippen LogP contribution in [0.2, 0.25) is 0 Å². The largest absolute Gasteiger partial charge is 0.393 e. The molecule has 4 fully saturated rings. The highest BCUT2D eigenvalue weighted by Gasteiger charge is 2.75. The summed E-state index contributed by atoms with van der Waals surface area (Å²) in [7, 11) is 1.94. The van der Waals surface area contributed by atoms with Gasteiger partial charge < -0.3 is 19.9 Å². The SMILES string of the molecule is C=C1C=C[C@@]2(C)C(=C1)CC[C@@H]1[C@@H]2[C@@H](O)C[C@@]2(C)[C@H]1C[C@H]1O[C@@H](c3ccc(Cc4cccc(NC)c4)s3)O[C@]12C(=O)CC. The Morgan fingerprint density at radius 2 is 2.07 bits per heavy atom. The van der Waals surface area contributed by atoms with E-state index in [0.29, 0.717) is 18.8 Å². The van der Waals surface area contributed by atoms with Crippen molar-refractivity contribution < 1.29 is 19.4 Å². The number of anilines is 1. The smallest absolute Gasteiger partial charge is 0.194 e. The number of benzene rings is 1. The first-order valence-electron chi connectivity index (χ1n) is 15.6. The van der Waals surface area contributed by atoms with E-state index in [9.17, 15) is 9.90 Å². The monoisotopic (exact) mass is 585 g/mol. The molecule has 2 N–H and O–H groups in total. The lowest BCUT2D eigenvalue weighted by molar-refractivity contribution is -0.199. The van der Waals surface area contributed by atoms with Crippen molar-refractivity contribution >= 4 is 22.8 Å². The number of thiophene rings is 1. The second-order valence-electron chi connectivity index (χ2n) is 13.6. The van der Waals surface area contributed by atoms with E-state index in [1.54, 1.807) is 11.3 Å². The van der Waals surface area contributed by atoms with Crippen LogP contribution in [0, 0.1) is 28.6 Å². The summed E-state index contributed by atoms with van der Waals surface area (Å²) in [5, 5.41) is 15.2. The third kappa shape index (κ3) is 3.94. The number of ether oxygens (including phenoxy) is 2. The molecule has 42 heavy (non-hydrogen) atoms. The van der Waals surface area contributed by atoms with Gasteiger partial charge in [0.05, 0.1) is 17.1 Å². The predicted molar refractivity (Wildman–Crippen MR) is 167 cm³/mol. The summed E-state index contributed by atoms with van der Waals surface area (Å²) in [6.07, 6.45) is 9.82. The Morgan fingerprint density at radius 3 is 2.86 bits per heavy atom. The molecule has 6 heteroatoms. The van der Waals surface area contributed by atoms with Gasteiger partial charge >= 0.3 is 0 Å². The van der Waals surface area contributed by atoms with E-state index < -0.39 is 23.4 Å². The number of Topliss-reactive ketones (excluding diaryl/α,β-unsaturated/α-hetero) is 1. The first-order valence-corrected chi connectivity index (χ1v) is 16.4. The molecule has 7 rings (SSSR count). The van der Waals surface area contributed by atoms with Crippen molar-refractivity contribution in [3.05, 3.63) is 87.7 Å². The standard InChI is InChI=1S/C36H43NO4S/c1-6-30(39)36-31(40-33(41-36)29-13-11-25(42-29)18-22-8-7-9-24(17-22)37-5)19-27-26-12-10-23-16-21(2)14-15-34(23,3)32(26)28(38)20-35(27,36)4/h7-9,11,13-17,26-28,31-33,37-38H,2,6,10,12,18-20H2,1,3-5H3/t26-,27-,28-,31+,32+,33+,34-,35-,36+/m0/s1. The summed E-state index contributed by atoms with van der Waals surface area (Å²) < 4.78 is 13.7. The first kappa shape index (κ1) is 28.3. The first-order chi connectivity index (χ1) is 20.1. The van der Waals surface area contributed by atoms with Crippen LogP contribution in [0.5, 0.6) is 0 Å². The third-order valence-electron chi connectivity index (χ3n) is 11.6. The van der Waals surface area contributed by atoms with E-state index in [2.05, 4.69) is 80.4 Å². The zero-order valence-corrected chi connectivity index (χ0v) is 26.0.